The Labute approximate surface area is 180 Å². The van der Waals surface area contributed by atoms with Gasteiger partial charge in [0.1, 0.15) is 11.5 Å². The molecule has 4 rings (SSSR count). The molecule has 30 heavy (non-hydrogen) atoms. The van der Waals surface area contributed by atoms with Crippen LogP contribution in [0.5, 0.6) is 11.5 Å². The van der Waals surface area contributed by atoms with Gasteiger partial charge in [-0.1, -0.05) is 42.1 Å². The number of thioether (sulfide) groups is 1. The molecule has 2 aromatic rings. The van der Waals surface area contributed by atoms with Crippen LogP contribution in [0.15, 0.2) is 53.5 Å². The SMILES string of the molecule is COc1ccc(OC)c(N2C(=NC(=O)Cc3ccccc3)S[C@@H]3CS(=O)(=O)C[C@H]32)c1. The van der Waals surface area contributed by atoms with Crippen molar-refractivity contribution in [3.8, 4) is 11.5 Å². The Balaban J connectivity index is 1.72. The van der Waals surface area contributed by atoms with E-state index < -0.39 is 9.84 Å². The third-order valence-electron chi connectivity index (χ3n) is 5.13. The van der Waals surface area contributed by atoms with E-state index in [4.69, 9.17) is 9.47 Å². The first-order valence-electron chi connectivity index (χ1n) is 9.44. The van der Waals surface area contributed by atoms with Crippen molar-refractivity contribution >= 4 is 38.4 Å². The van der Waals surface area contributed by atoms with E-state index in [0.717, 1.165) is 5.56 Å². The number of ether oxygens (including phenoxy) is 2. The van der Waals surface area contributed by atoms with Gasteiger partial charge in [0.25, 0.3) is 5.91 Å². The van der Waals surface area contributed by atoms with E-state index in [2.05, 4.69) is 4.99 Å². The van der Waals surface area contributed by atoms with Gasteiger partial charge in [-0.3, -0.25) is 4.79 Å². The van der Waals surface area contributed by atoms with E-state index in [1.54, 1.807) is 32.4 Å². The van der Waals surface area contributed by atoms with E-state index in [1.807, 2.05) is 35.2 Å². The van der Waals surface area contributed by atoms with Crippen LogP contribution < -0.4 is 14.4 Å². The molecule has 7 nitrogen and oxygen atoms in total. The fourth-order valence-electron chi connectivity index (χ4n) is 3.75. The molecule has 2 aliphatic heterocycles. The molecule has 0 N–H and O–H groups in total. The van der Waals surface area contributed by atoms with Crippen LogP contribution in [0.1, 0.15) is 5.56 Å². The average molecular weight is 447 g/mol. The van der Waals surface area contributed by atoms with Crippen LogP contribution in [-0.2, 0) is 21.1 Å². The number of aliphatic imine (C=N–C) groups is 1. The van der Waals surface area contributed by atoms with E-state index in [9.17, 15) is 13.2 Å². The van der Waals surface area contributed by atoms with Crippen LogP contribution in [0.4, 0.5) is 5.69 Å². The number of anilines is 1. The summed E-state index contributed by atoms with van der Waals surface area (Å²) in [7, 11) is -0.0452. The van der Waals surface area contributed by atoms with Gasteiger partial charge in [-0.05, 0) is 17.7 Å². The topological polar surface area (TPSA) is 85.3 Å². The summed E-state index contributed by atoms with van der Waals surface area (Å²) in [6.07, 6.45) is 0.182. The molecule has 0 aliphatic carbocycles. The summed E-state index contributed by atoms with van der Waals surface area (Å²) in [4.78, 5) is 18.9. The second kappa shape index (κ2) is 8.31. The Hall–Kier alpha value is -2.52. The summed E-state index contributed by atoms with van der Waals surface area (Å²) < 4.78 is 35.4. The van der Waals surface area contributed by atoms with Crippen LogP contribution in [0.3, 0.4) is 0 Å². The number of rotatable bonds is 5. The monoisotopic (exact) mass is 446 g/mol. The summed E-state index contributed by atoms with van der Waals surface area (Å²) in [5.41, 5.74) is 1.52. The van der Waals surface area contributed by atoms with Gasteiger partial charge in [0.15, 0.2) is 15.0 Å². The van der Waals surface area contributed by atoms with Gasteiger partial charge in [0.05, 0.1) is 43.9 Å². The minimum atomic E-state index is -3.16. The van der Waals surface area contributed by atoms with Gasteiger partial charge in [-0.25, -0.2) is 8.42 Å². The predicted molar refractivity (Wildman–Crippen MR) is 118 cm³/mol. The van der Waals surface area contributed by atoms with E-state index in [0.29, 0.717) is 22.4 Å². The zero-order valence-corrected chi connectivity index (χ0v) is 18.3. The summed E-state index contributed by atoms with van der Waals surface area (Å²) in [5.74, 6) is 0.964. The van der Waals surface area contributed by atoms with Crippen molar-refractivity contribution in [3.63, 3.8) is 0 Å². The number of amidine groups is 1. The zero-order chi connectivity index (χ0) is 21.3. The highest BCUT2D eigenvalue weighted by Gasteiger charge is 2.50. The maximum atomic E-state index is 12.7. The molecule has 0 saturated carbocycles. The number of amides is 1. The summed E-state index contributed by atoms with van der Waals surface area (Å²) >= 11 is 1.34. The minimum absolute atomic E-state index is 0.0108. The van der Waals surface area contributed by atoms with Crippen LogP contribution in [0.2, 0.25) is 0 Å². The molecule has 0 unspecified atom stereocenters. The van der Waals surface area contributed by atoms with Crippen molar-refractivity contribution < 1.29 is 22.7 Å². The highest BCUT2D eigenvalue weighted by molar-refractivity contribution is 8.16. The lowest BCUT2D eigenvalue weighted by atomic mass is 10.1. The number of hydrogen-bond donors (Lipinski definition) is 0. The lowest BCUT2D eigenvalue weighted by molar-refractivity contribution is -0.117. The molecule has 158 valence electrons. The highest BCUT2D eigenvalue weighted by Crippen LogP contribution is 2.45. The van der Waals surface area contributed by atoms with Crippen molar-refractivity contribution in [1.82, 2.24) is 0 Å². The van der Waals surface area contributed by atoms with Crippen LogP contribution >= 0.6 is 11.8 Å². The second-order valence-electron chi connectivity index (χ2n) is 7.16. The largest absolute Gasteiger partial charge is 0.497 e. The summed E-state index contributed by atoms with van der Waals surface area (Å²) in [5, 5.41) is 0.307. The van der Waals surface area contributed by atoms with Crippen molar-refractivity contribution in [1.29, 1.82) is 0 Å². The summed E-state index contributed by atoms with van der Waals surface area (Å²) in [6.45, 7) is 0. The molecule has 0 radical (unpaired) electrons. The Kier molecular flexibility index (Phi) is 5.75. The second-order valence-corrected chi connectivity index (χ2v) is 10.5. The van der Waals surface area contributed by atoms with Crippen molar-refractivity contribution in [2.45, 2.75) is 17.7 Å². The van der Waals surface area contributed by atoms with Crippen molar-refractivity contribution in [3.05, 3.63) is 54.1 Å². The highest BCUT2D eigenvalue weighted by atomic mass is 32.2. The quantitative estimate of drug-likeness (QED) is 0.698. The smallest absolute Gasteiger partial charge is 0.252 e. The summed E-state index contributed by atoms with van der Waals surface area (Å²) in [6, 6.07) is 14.4. The minimum Gasteiger partial charge on any atom is -0.497 e. The van der Waals surface area contributed by atoms with Gasteiger partial charge in [-0.2, -0.15) is 4.99 Å². The maximum absolute atomic E-state index is 12.7. The lowest BCUT2D eigenvalue weighted by Gasteiger charge is -2.26. The van der Waals surface area contributed by atoms with Gasteiger partial charge < -0.3 is 14.4 Å². The maximum Gasteiger partial charge on any atom is 0.252 e. The Morgan fingerprint density at radius 2 is 1.90 bits per heavy atom. The first-order chi connectivity index (χ1) is 14.4. The molecule has 1 amide bonds. The molecule has 0 spiro atoms. The van der Waals surface area contributed by atoms with E-state index >= 15 is 0 Å². The molecule has 0 aromatic heterocycles. The first kappa shape index (κ1) is 20.7. The fraction of sp³-hybridized carbons (Fsp3) is 0.333. The van der Waals surface area contributed by atoms with Gasteiger partial charge >= 0.3 is 0 Å². The Bertz CT molecular complexity index is 1090. The predicted octanol–water partition coefficient (Wildman–Crippen LogP) is 2.55. The third-order valence-corrected chi connectivity index (χ3v) is 8.34. The molecule has 2 atom stereocenters. The van der Waals surface area contributed by atoms with E-state index in [-0.39, 0.29) is 35.1 Å². The number of fused-ring (bicyclic) bond motifs is 1. The molecule has 2 fully saturated rings. The number of methoxy groups -OCH3 is 2. The Morgan fingerprint density at radius 1 is 1.13 bits per heavy atom. The molecule has 2 heterocycles. The molecular weight excluding hydrogens is 424 g/mol. The van der Waals surface area contributed by atoms with Crippen molar-refractivity contribution in [2.75, 3.05) is 30.6 Å². The van der Waals surface area contributed by atoms with Crippen molar-refractivity contribution in [2.24, 2.45) is 4.99 Å². The van der Waals surface area contributed by atoms with Crippen LogP contribution in [0, 0.1) is 0 Å². The molecule has 2 aliphatic rings. The normalized spacial score (nSPS) is 23.4. The third kappa shape index (κ3) is 4.17. The van der Waals surface area contributed by atoms with Crippen LogP contribution in [-0.4, -0.2) is 56.5 Å². The standard InChI is InChI=1S/C21H22N2O5S2/c1-27-15-8-9-18(28-2)16(11-15)23-17-12-30(25,26)13-19(17)29-21(23)22-20(24)10-14-6-4-3-5-7-14/h3-9,11,17,19H,10,12-13H2,1-2H3/t17-,19-/m1/s1. The molecule has 2 saturated heterocycles. The van der Waals surface area contributed by atoms with E-state index in [1.165, 1.54) is 11.8 Å². The van der Waals surface area contributed by atoms with Gasteiger partial charge in [0, 0.05) is 11.3 Å². The molecule has 2 aromatic carbocycles. The number of nitrogens with zero attached hydrogens (tertiary/aromatic N) is 2. The number of carbonyl (C=O) groups is 1. The average Bonchev–Trinajstić information content (AvgIpc) is 3.18. The molecular formula is C21H22N2O5S2. The van der Waals surface area contributed by atoms with Gasteiger partial charge in [0.2, 0.25) is 0 Å². The number of benzene rings is 2. The molecule has 0 bridgehead atoms. The number of hydrogen-bond acceptors (Lipinski definition) is 6. The fourth-order valence-corrected chi connectivity index (χ4v) is 7.67. The number of carbonyl (C=O) groups excluding carboxylic acids is 1. The Morgan fingerprint density at radius 3 is 2.60 bits per heavy atom. The van der Waals surface area contributed by atoms with Crippen LogP contribution in [0.25, 0.3) is 0 Å². The first-order valence-corrected chi connectivity index (χ1v) is 12.1. The lowest BCUT2D eigenvalue weighted by Crippen LogP contribution is -2.38. The van der Waals surface area contributed by atoms with Gasteiger partial charge in [-0.15, -0.1) is 0 Å². The molecule has 9 heteroatoms. The zero-order valence-electron chi connectivity index (χ0n) is 16.6. The number of sulfone groups is 1.